The zero-order valence-electron chi connectivity index (χ0n) is 9.45. The van der Waals surface area contributed by atoms with Gasteiger partial charge in [-0.05, 0) is 18.6 Å². The third kappa shape index (κ3) is 2.19. The Hall–Kier alpha value is -1.96. The number of sulfonamides is 1. The molecule has 1 aliphatic heterocycles. The van der Waals surface area contributed by atoms with Crippen LogP contribution in [0.4, 0.5) is 5.69 Å². The fourth-order valence-electron chi connectivity index (χ4n) is 1.51. The summed E-state index contributed by atoms with van der Waals surface area (Å²) in [6.07, 6.45) is 0. The first-order valence-electron chi connectivity index (χ1n) is 5.01. The molecule has 1 aromatic carbocycles. The Bertz CT molecular complexity index is 622. The van der Waals surface area contributed by atoms with E-state index in [2.05, 4.69) is 14.7 Å². The number of rotatable bonds is 3. The summed E-state index contributed by atoms with van der Waals surface area (Å²) >= 11 is 0. The maximum atomic E-state index is 11.8. The number of ether oxygens (including phenoxy) is 2. The molecular formula is C9H10N4O4S. The summed E-state index contributed by atoms with van der Waals surface area (Å²) in [6.45, 7) is 0.702. The second-order valence-corrected chi connectivity index (χ2v) is 5.22. The van der Waals surface area contributed by atoms with Gasteiger partial charge in [0.25, 0.3) is 0 Å². The minimum absolute atomic E-state index is 0.0314. The minimum Gasteiger partial charge on any atom is -0.486 e. The summed E-state index contributed by atoms with van der Waals surface area (Å²) in [7, 11) is -2.47. The normalized spacial score (nSPS) is 13.8. The predicted octanol–water partition coefficient (Wildman–Crippen LogP) is 1.31. The molecule has 9 heteroatoms. The lowest BCUT2D eigenvalue weighted by molar-refractivity contribution is 0.171. The van der Waals surface area contributed by atoms with E-state index < -0.39 is 10.0 Å². The summed E-state index contributed by atoms with van der Waals surface area (Å²) in [5.74, 6) is 0.672. The van der Waals surface area contributed by atoms with Crippen LogP contribution in [0, 0.1) is 0 Å². The zero-order chi connectivity index (χ0) is 13.2. The Labute approximate surface area is 103 Å². The monoisotopic (exact) mass is 270 g/mol. The number of fused-ring (bicyclic) bond motifs is 1. The van der Waals surface area contributed by atoms with E-state index in [4.69, 9.17) is 15.0 Å². The van der Waals surface area contributed by atoms with Gasteiger partial charge in [0.05, 0.1) is 10.6 Å². The van der Waals surface area contributed by atoms with E-state index in [0.717, 1.165) is 0 Å². The molecule has 0 saturated carbocycles. The van der Waals surface area contributed by atoms with E-state index in [0.29, 0.717) is 24.7 Å². The second-order valence-electron chi connectivity index (χ2n) is 3.36. The number of nitrogens with zero attached hydrogens (tertiary/aromatic N) is 3. The van der Waals surface area contributed by atoms with Crippen LogP contribution in [0.2, 0.25) is 0 Å². The van der Waals surface area contributed by atoms with E-state index >= 15 is 0 Å². The molecule has 18 heavy (non-hydrogen) atoms. The van der Waals surface area contributed by atoms with Crippen LogP contribution in [0.15, 0.2) is 22.1 Å². The van der Waals surface area contributed by atoms with Gasteiger partial charge in [-0.1, -0.05) is 5.11 Å². The van der Waals surface area contributed by atoms with Crippen molar-refractivity contribution >= 4 is 15.7 Å². The molecule has 96 valence electrons. The summed E-state index contributed by atoms with van der Waals surface area (Å²) in [4.78, 5) is 2.45. The standard InChI is InChI=1S/C9H10N4O4S/c1-11-18(14,15)9-5-8-7(16-2-3-17-8)4-6(9)12-13-10/h4-5,11H,2-3H2,1H3. The van der Waals surface area contributed by atoms with Gasteiger partial charge in [-0.25, -0.2) is 13.1 Å². The first-order valence-corrected chi connectivity index (χ1v) is 6.49. The summed E-state index contributed by atoms with van der Waals surface area (Å²) in [5, 5.41) is 3.35. The van der Waals surface area contributed by atoms with Crippen LogP contribution in [-0.4, -0.2) is 28.7 Å². The van der Waals surface area contributed by atoms with Gasteiger partial charge < -0.3 is 9.47 Å². The lowest BCUT2D eigenvalue weighted by Gasteiger charge is -2.19. The van der Waals surface area contributed by atoms with Crippen molar-refractivity contribution in [3.8, 4) is 11.5 Å². The van der Waals surface area contributed by atoms with Gasteiger partial charge in [-0.15, -0.1) is 0 Å². The quantitative estimate of drug-likeness (QED) is 0.506. The number of nitrogens with one attached hydrogen (secondary N) is 1. The maximum Gasteiger partial charge on any atom is 0.240 e. The fourth-order valence-corrected chi connectivity index (χ4v) is 2.37. The minimum atomic E-state index is -3.73. The van der Waals surface area contributed by atoms with Crippen LogP contribution in [0.3, 0.4) is 0 Å². The molecule has 1 N–H and O–H groups in total. The number of hydrogen-bond acceptors (Lipinski definition) is 5. The number of azide groups is 1. The van der Waals surface area contributed by atoms with Gasteiger partial charge in [0, 0.05) is 11.0 Å². The molecule has 0 bridgehead atoms. The van der Waals surface area contributed by atoms with Crippen LogP contribution >= 0.6 is 0 Å². The van der Waals surface area contributed by atoms with Crippen molar-refractivity contribution in [2.75, 3.05) is 20.3 Å². The van der Waals surface area contributed by atoms with Crippen molar-refractivity contribution in [3.05, 3.63) is 22.6 Å². The Kier molecular flexibility index (Phi) is 3.28. The molecule has 1 heterocycles. The van der Waals surface area contributed by atoms with E-state index in [-0.39, 0.29) is 10.6 Å². The van der Waals surface area contributed by atoms with Crippen LogP contribution < -0.4 is 14.2 Å². The molecule has 0 atom stereocenters. The molecule has 0 fully saturated rings. The number of hydrogen-bond donors (Lipinski definition) is 1. The largest absolute Gasteiger partial charge is 0.486 e. The average molecular weight is 270 g/mol. The first-order chi connectivity index (χ1) is 8.58. The predicted molar refractivity (Wildman–Crippen MR) is 62.5 cm³/mol. The van der Waals surface area contributed by atoms with Crippen LogP contribution in [-0.2, 0) is 10.0 Å². The Balaban J connectivity index is 2.67. The highest BCUT2D eigenvalue weighted by Crippen LogP contribution is 2.38. The van der Waals surface area contributed by atoms with Crippen LogP contribution in [0.1, 0.15) is 0 Å². The zero-order valence-corrected chi connectivity index (χ0v) is 10.3. The highest BCUT2D eigenvalue weighted by molar-refractivity contribution is 7.89. The molecule has 8 nitrogen and oxygen atoms in total. The molecule has 0 unspecified atom stereocenters. The molecule has 1 aromatic rings. The van der Waals surface area contributed by atoms with Crippen LogP contribution in [0.25, 0.3) is 10.4 Å². The van der Waals surface area contributed by atoms with E-state index in [1.165, 1.54) is 19.2 Å². The van der Waals surface area contributed by atoms with Gasteiger partial charge in [0.1, 0.15) is 13.2 Å². The molecule has 0 amide bonds. The summed E-state index contributed by atoms with van der Waals surface area (Å²) in [6, 6.07) is 2.63. The molecule has 0 spiro atoms. The smallest absolute Gasteiger partial charge is 0.240 e. The molecule has 0 radical (unpaired) electrons. The first kappa shape index (κ1) is 12.5. The van der Waals surface area contributed by atoms with Gasteiger partial charge in [0.2, 0.25) is 10.0 Å². The SMILES string of the molecule is CNS(=O)(=O)c1cc2c(cc1N=[N+]=[N-])OCCO2. The summed E-state index contributed by atoms with van der Waals surface area (Å²) < 4.78 is 36.3. The lowest BCUT2D eigenvalue weighted by Crippen LogP contribution is -2.20. The molecule has 0 saturated heterocycles. The fraction of sp³-hybridized carbons (Fsp3) is 0.333. The maximum absolute atomic E-state index is 11.8. The third-order valence-electron chi connectivity index (χ3n) is 2.33. The van der Waals surface area contributed by atoms with Crippen molar-refractivity contribution < 1.29 is 17.9 Å². The highest BCUT2D eigenvalue weighted by atomic mass is 32.2. The van der Waals surface area contributed by atoms with E-state index in [1.807, 2.05) is 0 Å². The van der Waals surface area contributed by atoms with Gasteiger partial charge in [0.15, 0.2) is 11.5 Å². The van der Waals surface area contributed by atoms with Crippen molar-refractivity contribution in [1.82, 2.24) is 4.72 Å². The Morgan fingerprint density at radius 1 is 1.33 bits per heavy atom. The number of benzene rings is 1. The van der Waals surface area contributed by atoms with Crippen molar-refractivity contribution in [2.24, 2.45) is 5.11 Å². The van der Waals surface area contributed by atoms with E-state index in [9.17, 15) is 8.42 Å². The topological polar surface area (TPSA) is 113 Å². The van der Waals surface area contributed by atoms with Crippen LogP contribution in [0.5, 0.6) is 11.5 Å². The molecular weight excluding hydrogens is 260 g/mol. The van der Waals surface area contributed by atoms with Gasteiger partial charge >= 0.3 is 0 Å². The average Bonchev–Trinajstić information content (AvgIpc) is 2.38. The van der Waals surface area contributed by atoms with Crippen molar-refractivity contribution in [1.29, 1.82) is 0 Å². The Morgan fingerprint density at radius 3 is 2.50 bits per heavy atom. The second kappa shape index (κ2) is 4.73. The van der Waals surface area contributed by atoms with Crippen molar-refractivity contribution in [2.45, 2.75) is 4.90 Å². The molecule has 0 aliphatic carbocycles. The molecule has 2 rings (SSSR count). The molecule has 1 aliphatic rings. The third-order valence-corrected chi connectivity index (χ3v) is 3.78. The van der Waals surface area contributed by atoms with Gasteiger partial charge in [-0.3, -0.25) is 0 Å². The lowest BCUT2D eigenvalue weighted by atomic mass is 10.2. The highest BCUT2D eigenvalue weighted by Gasteiger charge is 2.22. The van der Waals surface area contributed by atoms with Crippen molar-refractivity contribution in [3.63, 3.8) is 0 Å². The molecule has 0 aromatic heterocycles. The Morgan fingerprint density at radius 2 is 1.94 bits per heavy atom. The summed E-state index contributed by atoms with van der Waals surface area (Å²) in [5.41, 5.74) is 8.43. The van der Waals surface area contributed by atoms with E-state index in [1.54, 1.807) is 0 Å². The van der Waals surface area contributed by atoms with Gasteiger partial charge in [-0.2, -0.15) is 0 Å².